The van der Waals surface area contributed by atoms with Gasteiger partial charge in [0.2, 0.25) is 11.8 Å². The Morgan fingerprint density at radius 2 is 2.11 bits per heavy atom. The van der Waals surface area contributed by atoms with E-state index in [1.54, 1.807) is 11.0 Å². The van der Waals surface area contributed by atoms with Gasteiger partial charge in [-0.05, 0) is 6.07 Å². The zero-order valence-corrected chi connectivity index (χ0v) is 10.3. The lowest BCUT2D eigenvalue weighted by Gasteiger charge is -2.37. The first-order valence-corrected chi connectivity index (χ1v) is 5.78. The number of carbonyl (C=O) groups excluding carboxylic acids is 2. The first kappa shape index (κ1) is 13.0. The number of nitrogens with zero attached hydrogens (tertiary/aromatic N) is 2. The Hall–Kier alpha value is -2.44. The van der Waals surface area contributed by atoms with E-state index < -0.39 is 4.92 Å². The molecular weight excluding hydrogens is 250 g/mol. The second-order valence-electron chi connectivity index (χ2n) is 4.42. The van der Waals surface area contributed by atoms with E-state index in [1.807, 2.05) is 0 Å². The van der Waals surface area contributed by atoms with E-state index in [9.17, 15) is 19.7 Å². The van der Waals surface area contributed by atoms with Crippen LogP contribution in [-0.2, 0) is 9.59 Å². The highest BCUT2D eigenvalue weighted by Gasteiger charge is 2.34. The Balaban J connectivity index is 1.95. The lowest BCUT2D eigenvalue weighted by atomic mass is 9.99. The molecule has 1 saturated heterocycles. The van der Waals surface area contributed by atoms with Gasteiger partial charge in [0.1, 0.15) is 0 Å². The Bertz CT molecular complexity index is 538. The van der Waals surface area contributed by atoms with Crippen LogP contribution in [0.1, 0.15) is 6.92 Å². The van der Waals surface area contributed by atoms with Gasteiger partial charge in [-0.2, -0.15) is 0 Å². The van der Waals surface area contributed by atoms with E-state index in [2.05, 4.69) is 5.32 Å². The standard InChI is InChI=1S/C12H13N3O4/c1-8(16)14-6-9(7-14)12(17)13-10-3-2-4-11(5-10)15(18)19/h2-5,9H,6-7H2,1H3,(H,13,17). The molecule has 0 unspecified atom stereocenters. The van der Waals surface area contributed by atoms with E-state index in [0.717, 1.165) is 0 Å². The lowest BCUT2D eigenvalue weighted by Crippen LogP contribution is -2.53. The number of nitro benzene ring substituents is 1. The zero-order chi connectivity index (χ0) is 14.0. The first-order chi connectivity index (χ1) is 8.97. The van der Waals surface area contributed by atoms with Gasteiger partial charge in [0.05, 0.1) is 10.8 Å². The summed E-state index contributed by atoms with van der Waals surface area (Å²) in [6.45, 7) is 2.25. The van der Waals surface area contributed by atoms with Crippen LogP contribution >= 0.6 is 0 Å². The summed E-state index contributed by atoms with van der Waals surface area (Å²) in [4.78, 5) is 34.5. The molecule has 100 valence electrons. The molecule has 1 N–H and O–H groups in total. The summed E-state index contributed by atoms with van der Waals surface area (Å²) in [6.07, 6.45) is 0. The number of non-ortho nitro benzene ring substituents is 1. The molecule has 19 heavy (non-hydrogen) atoms. The maximum atomic E-state index is 11.8. The largest absolute Gasteiger partial charge is 0.341 e. The number of benzene rings is 1. The highest BCUT2D eigenvalue weighted by atomic mass is 16.6. The summed E-state index contributed by atoms with van der Waals surface area (Å²) >= 11 is 0. The van der Waals surface area contributed by atoms with E-state index in [0.29, 0.717) is 18.8 Å². The monoisotopic (exact) mass is 263 g/mol. The molecule has 1 fully saturated rings. The highest BCUT2D eigenvalue weighted by molar-refractivity contribution is 5.94. The second-order valence-corrected chi connectivity index (χ2v) is 4.42. The van der Waals surface area contributed by atoms with Gasteiger partial charge in [0.15, 0.2) is 0 Å². The fourth-order valence-corrected chi connectivity index (χ4v) is 1.84. The van der Waals surface area contributed by atoms with Crippen molar-refractivity contribution in [1.82, 2.24) is 4.90 Å². The fourth-order valence-electron chi connectivity index (χ4n) is 1.84. The average Bonchev–Trinajstić information content (AvgIpc) is 2.26. The quantitative estimate of drug-likeness (QED) is 0.650. The van der Waals surface area contributed by atoms with Crippen molar-refractivity contribution < 1.29 is 14.5 Å². The van der Waals surface area contributed by atoms with Crippen LogP contribution in [0.25, 0.3) is 0 Å². The summed E-state index contributed by atoms with van der Waals surface area (Å²) in [5.74, 6) is -0.527. The first-order valence-electron chi connectivity index (χ1n) is 5.78. The molecule has 0 aliphatic carbocycles. The minimum atomic E-state index is -0.517. The third-order valence-electron chi connectivity index (χ3n) is 3.02. The van der Waals surface area contributed by atoms with Crippen LogP contribution in [0.15, 0.2) is 24.3 Å². The molecule has 7 heteroatoms. The molecule has 1 heterocycles. The van der Waals surface area contributed by atoms with Gasteiger partial charge in [-0.25, -0.2) is 0 Å². The van der Waals surface area contributed by atoms with Crippen LogP contribution in [0.4, 0.5) is 11.4 Å². The van der Waals surface area contributed by atoms with Gasteiger partial charge >= 0.3 is 0 Å². The maximum Gasteiger partial charge on any atom is 0.271 e. The van der Waals surface area contributed by atoms with Crippen LogP contribution in [0, 0.1) is 16.0 Å². The number of anilines is 1. The Kier molecular flexibility index (Phi) is 3.46. The zero-order valence-electron chi connectivity index (χ0n) is 10.3. The number of nitrogens with one attached hydrogen (secondary N) is 1. The number of hydrogen-bond acceptors (Lipinski definition) is 4. The van der Waals surface area contributed by atoms with Gasteiger partial charge < -0.3 is 10.2 Å². The van der Waals surface area contributed by atoms with Crippen LogP contribution in [-0.4, -0.2) is 34.7 Å². The summed E-state index contributed by atoms with van der Waals surface area (Å²) < 4.78 is 0. The van der Waals surface area contributed by atoms with Crippen molar-refractivity contribution in [3.8, 4) is 0 Å². The van der Waals surface area contributed by atoms with E-state index in [4.69, 9.17) is 0 Å². The number of amides is 2. The SMILES string of the molecule is CC(=O)N1CC(C(=O)Nc2cccc([N+](=O)[O-])c2)C1. The molecule has 1 aromatic carbocycles. The Morgan fingerprint density at radius 1 is 1.42 bits per heavy atom. The van der Waals surface area contributed by atoms with Crippen LogP contribution in [0.3, 0.4) is 0 Å². The van der Waals surface area contributed by atoms with Gasteiger partial charge in [0, 0.05) is 37.8 Å². The van der Waals surface area contributed by atoms with Crippen molar-refractivity contribution in [2.24, 2.45) is 5.92 Å². The molecule has 0 atom stereocenters. The number of nitro groups is 1. The molecule has 1 aliphatic rings. The van der Waals surface area contributed by atoms with Crippen LogP contribution in [0.2, 0.25) is 0 Å². The topological polar surface area (TPSA) is 92.6 Å². The fraction of sp³-hybridized carbons (Fsp3) is 0.333. The van der Waals surface area contributed by atoms with Crippen molar-refractivity contribution in [2.45, 2.75) is 6.92 Å². The molecule has 0 radical (unpaired) electrons. The van der Waals surface area contributed by atoms with Gasteiger partial charge in [-0.15, -0.1) is 0 Å². The molecule has 0 saturated carbocycles. The van der Waals surface area contributed by atoms with Crippen molar-refractivity contribution in [2.75, 3.05) is 18.4 Å². The molecule has 0 spiro atoms. The van der Waals surface area contributed by atoms with E-state index in [-0.39, 0.29) is 23.4 Å². The number of likely N-dealkylation sites (tertiary alicyclic amines) is 1. The third kappa shape index (κ3) is 2.87. The van der Waals surface area contributed by atoms with E-state index >= 15 is 0 Å². The summed E-state index contributed by atoms with van der Waals surface area (Å²) in [5.41, 5.74) is 0.317. The van der Waals surface area contributed by atoms with E-state index in [1.165, 1.54) is 25.1 Å². The number of carbonyl (C=O) groups is 2. The lowest BCUT2D eigenvalue weighted by molar-refractivity contribution is -0.384. The summed E-state index contributed by atoms with van der Waals surface area (Å²) in [6, 6.07) is 5.76. The average molecular weight is 263 g/mol. The molecule has 1 aliphatic heterocycles. The van der Waals surface area contributed by atoms with Crippen LogP contribution < -0.4 is 5.32 Å². The van der Waals surface area contributed by atoms with Gasteiger partial charge in [0.25, 0.3) is 5.69 Å². The van der Waals surface area contributed by atoms with Gasteiger partial charge in [-0.1, -0.05) is 6.07 Å². The summed E-state index contributed by atoms with van der Waals surface area (Å²) in [5, 5.41) is 13.2. The minimum Gasteiger partial charge on any atom is -0.341 e. The predicted octanol–water partition coefficient (Wildman–Crippen LogP) is 1.01. The van der Waals surface area contributed by atoms with Crippen molar-refractivity contribution >= 4 is 23.2 Å². The molecule has 2 amide bonds. The van der Waals surface area contributed by atoms with Crippen molar-refractivity contribution in [3.05, 3.63) is 34.4 Å². The van der Waals surface area contributed by atoms with Crippen molar-refractivity contribution in [1.29, 1.82) is 0 Å². The Morgan fingerprint density at radius 3 is 2.68 bits per heavy atom. The molecule has 7 nitrogen and oxygen atoms in total. The molecule has 2 rings (SSSR count). The number of rotatable bonds is 3. The Labute approximate surface area is 109 Å². The third-order valence-corrected chi connectivity index (χ3v) is 3.02. The molecule has 1 aromatic rings. The minimum absolute atomic E-state index is 0.0561. The highest BCUT2D eigenvalue weighted by Crippen LogP contribution is 2.20. The number of hydrogen-bond donors (Lipinski definition) is 1. The summed E-state index contributed by atoms with van der Waals surface area (Å²) in [7, 11) is 0. The molecular formula is C12H13N3O4. The maximum absolute atomic E-state index is 11.8. The predicted molar refractivity (Wildman–Crippen MR) is 67.5 cm³/mol. The van der Waals surface area contributed by atoms with Gasteiger partial charge in [-0.3, -0.25) is 19.7 Å². The van der Waals surface area contributed by atoms with Crippen molar-refractivity contribution in [3.63, 3.8) is 0 Å². The second kappa shape index (κ2) is 5.05. The van der Waals surface area contributed by atoms with Crippen LogP contribution in [0.5, 0.6) is 0 Å². The molecule has 0 bridgehead atoms. The smallest absolute Gasteiger partial charge is 0.271 e. The normalized spacial score (nSPS) is 14.7. The molecule has 0 aromatic heterocycles.